The third kappa shape index (κ3) is 5.90. The quantitative estimate of drug-likeness (QED) is 0.316. The zero-order valence-corrected chi connectivity index (χ0v) is 20.0. The van der Waals surface area contributed by atoms with E-state index >= 15 is 0 Å². The molecule has 1 atom stereocenters. The van der Waals surface area contributed by atoms with Gasteiger partial charge in [0.2, 0.25) is 0 Å². The molecule has 2 heterocycles. The van der Waals surface area contributed by atoms with Crippen LogP contribution in [0.25, 0.3) is 22.5 Å². The molecule has 5 nitrogen and oxygen atoms in total. The number of hydrogen-bond acceptors (Lipinski definition) is 5. The molecule has 7 heteroatoms. The first-order valence-corrected chi connectivity index (χ1v) is 12.6. The van der Waals surface area contributed by atoms with E-state index in [1.807, 2.05) is 18.5 Å². The summed E-state index contributed by atoms with van der Waals surface area (Å²) in [6.45, 7) is 5.16. The van der Waals surface area contributed by atoms with E-state index in [0.717, 1.165) is 46.3 Å². The Balaban J connectivity index is 2.06. The van der Waals surface area contributed by atoms with Gasteiger partial charge in [-0.3, -0.25) is 0 Å². The second-order valence-corrected chi connectivity index (χ2v) is 8.63. The molecule has 3 aromatic rings. The second kappa shape index (κ2) is 12.0. The maximum atomic E-state index is 13.6. The molecule has 172 valence electrons. The van der Waals surface area contributed by atoms with Crippen LogP contribution in [-0.4, -0.2) is 38.5 Å². The van der Waals surface area contributed by atoms with Crippen molar-refractivity contribution < 1.29 is 9.50 Å². The zero-order valence-electron chi connectivity index (χ0n) is 19.1. The molecule has 0 saturated heterocycles. The fourth-order valence-corrected chi connectivity index (χ4v) is 4.41. The number of aliphatic hydroxyl groups is 1. The average Bonchev–Trinajstić information content (AvgIpc) is 3.19. The van der Waals surface area contributed by atoms with Crippen LogP contribution in [0.2, 0.25) is 0 Å². The van der Waals surface area contributed by atoms with Gasteiger partial charge < -0.3 is 15.0 Å². The largest absolute Gasteiger partial charge is 0.396 e. The van der Waals surface area contributed by atoms with Gasteiger partial charge in [-0.1, -0.05) is 38.5 Å². The molecule has 0 aliphatic carbocycles. The van der Waals surface area contributed by atoms with E-state index in [-0.39, 0.29) is 12.4 Å². The molecular weight excluding hydrogens is 423 g/mol. The predicted molar refractivity (Wildman–Crippen MR) is 132 cm³/mol. The van der Waals surface area contributed by atoms with Gasteiger partial charge in [-0.15, -0.1) is 0 Å². The lowest BCUT2D eigenvalue weighted by molar-refractivity contribution is 0.278. The molecule has 1 unspecified atom stereocenters. The topological polar surface area (TPSA) is 63.0 Å². The molecule has 0 bridgehead atoms. The molecular formula is C25H33FN4OS. The predicted octanol–water partition coefficient (Wildman–Crippen LogP) is 6.24. The molecule has 32 heavy (non-hydrogen) atoms. The number of pyridine rings is 1. The maximum absolute atomic E-state index is 13.6. The van der Waals surface area contributed by atoms with Crippen LogP contribution in [0, 0.1) is 5.82 Å². The van der Waals surface area contributed by atoms with Crippen LogP contribution in [-0.2, 0) is 6.54 Å². The van der Waals surface area contributed by atoms with Crippen molar-refractivity contribution in [2.24, 2.45) is 0 Å². The number of rotatable bonds is 12. The third-order valence-electron chi connectivity index (χ3n) is 5.56. The van der Waals surface area contributed by atoms with Crippen LogP contribution in [0.5, 0.6) is 0 Å². The number of aliphatic hydroxyl groups excluding tert-OH is 1. The van der Waals surface area contributed by atoms with Gasteiger partial charge in [0.1, 0.15) is 11.6 Å². The van der Waals surface area contributed by atoms with Crippen LogP contribution in [0.4, 0.5) is 10.2 Å². The Hall–Kier alpha value is -2.38. The van der Waals surface area contributed by atoms with Gasteiger partial charge >= 0.3 is 0 Å². The second-order valence-electron chi connectivity index (χ2n) is 7.85. The number of nitrogens with one attached hydrogen (secondary N) is 1. The van der Waals surface area contributed by atoms with Gasteiger partial charge in [0, 0.05) is 36.5 Å². The first-order valence-electron chi connectivity index (χ1n) is 11.4. The normalized spacial score (nSPS) is 12.2. The van der Waals surface area contributed by atoms with Crippen molar-refractivity contribution in [2.45, 2.75) is 63.7 Å². The summed E-state index contributed by atoms with van der Waals surface area (Å²) < 4.78 is 15.7. The monoisotopic (exact) mass is 456 g/mol. The Morgan fingerprint density at radius 1 is 1.12 bits per heavy atom. The molecule has 3 rings (SSSR count). The van der Waals surface area contributed by atoms with Crippen molar-refractivity contribution in [1.29, 1.82) is 0 Å². The van der Waals surface area contributed by atoms with Gasteiger partial charge in [-0.05, 0) is 61.9 Å². The number of benzene rings is 1. The summed E-state index contributed by atoms with van der Waals surface area (Å²) in [6.07, 6.45) is 8.96. The fraction of sp³-hybridized carbons (Fsp3) is 0.440. The molecule has 0 aliphatic rings. The first kappa shape index (κ1) is 24.3. The number of anilines is 1. The van der Waals surface area contributed by atoms with Gasteiger partial charge in [0.25, 0.3) is 0 Å². The summed E-state index contributed by atoms with van der Waals surface area (Å²) >= 11 is 1.57. The molecule has 2 aromatic heterocycles. The van der Waals surface area contributed by atoms with E-state index in [1.54, 1.807) is 23.9 Å². The molecule has 0 spiro atoms. The van der Waals surface area contributed by atoms with E-state index in [2.05, 4.69) is 34.8 Å². The minimum Gasteiger partial charge on any atom is -0.396 e. The van der Waals surface area contributed by atoms with E-state index in [0.29, 0.717) is 19.0 Å². The van der Waals surface area contributed by atoms with E-state index in [1.165, 1.54) is 25.0 Å². The van der Waals surface area contributed by atoms with E-state index < -0.39 is 0 Å². The van der Waals surface area contributed by atoms with Crippen LogP contribution in [0.15, 0.2) is 47.8 Å². The number of halogens is 1. The molecule has 0 fully saturated rings. The van der Waals surface area contributed by atoms with Crippen molar-refractivity contribution in [1.82, 2.24) is 14.5 Å². The molecule has 1 aromatic carbocycles. The Morgan fingerprint density at radius 3 is 2.56 bits per heavy atom. The minimum absolute atomic E-state index is 0.107. The number of unbranched alkanes of at least 4 members (excludes halogenated alkanes) is 1. The Labute approximate surface area is 194 Å². The number of imidazole rings is 1. The highest BCUT2D eigenvalue weighted by Crippen LogP contribution is 2.36. The van der Waals surface area contributed by atoms with Gasteiger partial charge in [0.15, 0.2) is 5.16 Å². The van der Waals surface area contributed by atoms with Crippen molar-refractivity contribution in [3.63, 3.8) is 0 Å². The van der Waals surface area contributed by atoms with E-state index in [9.17, 15) is 9.50 Å². The molecule has 0 radical (unpaired) electrons. The molecule has 0 amide bonds. The first-order chi connectivity index (χ1) is 15.6. The third-order valence-corrected chi connectivity index (χ3v) is 6.23. The molecule has 0 aliphatic heterocycles. The number of thioether (sulfide) groups is 1. The summed E-state index contributed by atoms with van der Waals surface area (Å²) in [5, 5.41) is 13.9. The van der Waals surface area contributed by atoms with Crippen LogP contribution in [0.3, 0.4) is 0 Å². The van der Waals surface area contributed by atoms with Gasteiger partial charge in [-0.25, -0.2) is 14.4 Å². The lowest BCUT2D eigenvalue weighted by Crippen LogP contribution is -2.19. The van der Waals surface area contributed by atoms with Crippen molar-refractivity contribution in [2.75, 3.05) is 18.2 Å². The summed E-state index contributed by atoms with van der Waals surface area (Å²) in [4.78, 5) is 9.44. The highest BCUT2D eigenvalue weighted by molar-refractivity contribution is 7.98. The van der Waals surface area contributed by atoms with Crippen LogP contribution >= 0.6 is 11.8 Å². The standard InChI is InChI=1S/C25H33FN4OS/c1-4-6-8-21(5-2)28-22-17-19(13-14-27-22)24-23(18-9-11-20(26)12-10-18)29-25(32-3)30(24)15-7-16-31/h9-14,17,21,31H,4-8,15-16H2,1-3H3,(H,27,28). The van der Waals surface area contributed by atoms with Crippen molar-refractivity contribution >= 4 is 17.6 Å². The van der Waals surface area contributed by atoms with Crippen LogP contribution in [0.1, 0.15) is 46.0 Å². The summed E-state index contributed by atoms with van der Waals surface area (Å²) in [7, 11) is 0. The lowest BCUT2D eigenvalue weighted by atomic mass is 10.0. The van der Waals surface area contributed by atoms with Gasteiger partial charge in [0.05, 0.1) is 11.4 Å². The summed E-state index contributed by atoms with van der Waals surface area (Å²) in [5.41, 5.74) is 3.63. The summed E-state index contributed by atoms with van der Waals surface area (Å²) in [6, 6.07) is 10.9. The fourth-order valence-electron chi connectivity index (χ4n) is 3.82. The number of hydrogen-bond donors (Lipinski definition) is 2. The molecule has 0 saturated carbocycles. The zero-order chi connectivity index (χ0) is 22.9. The SMILES string of the molecule is CCCCC(CC)Nc1cc(-c2c(-c3ccc(F)cc3)nc(SC)n2CCCO)ccn1. The smallest absolute Gasteiger partial charge is 0.168 e. The Morgan fingerprint density at radius 2 is 1.91 bits per heavy atom. The Kier molecular flexibility index (Phi) is 9.11. The Bertz CT molecular complexity index is 990. The van der Waals surface area contributed by atoms with E-state index in [4.69, 9.17) is 4.98 Å². The highest BCUT2D eigenvalue weighted by atomic mass is 32.2. The average molecular weight is 457 g/mol. The lowest BCUT2D eigenvalue weighted by Gasteiger charge is -2.18. The summed E-state index contributed by atoms with van der Waals surface area (Å²) in [5.74, 6) is 0.573. The van der Waals surface area contributed by atoms with Crippen molar-refractivity contribution in [3.05, 3.63) is 48.4 Å². The molecule has 2 N–H and O–H groups in total. The maximum Gasteiger partial charge on any atom is 0.168 e. The number of nitrogens with zero attached hydrogens (tertiary/aromatic N) is 3. The van der Waals surface area contributed by atoms with Gasteiger partial charge in [-0.2, -0.15) is 0 Å². The van der Waals surface area contributed by atoms with Crippen molar-refractivity contribution in [3.8, 4) is 22.5 Å². The minimum atomic E-state index is -0.270. The van der Waals surface area contributed by atoms with Crippen LogP contribution < -0.4 is 5.32 Å². The number of aromatic nitrogens is 3. The highest BCUT2D eigenvalue weighted by Gasteiger charge is 2.20.